The molecule has 0 saturated carbocycles. The van der Waals surface area contributed by atoms with Crippen molar-refractivity contribution < 1.29 is 10.8 Å². The van der Waals surface area contributed by atoms with E-state index in [0.29, 0.717) is 15.8 Å². The topological polar surface area (TPSA) is 0 Å². The first-order chi connectivity index (χ1) is 4.88. The second-order valence-corrected chi connectivity index (χ2v) is 20.1. The Bertz CT molecular complexity index is 42.3. The van der Waals surface area contributed by atoms with E-state index in [2.05, 4.69) is 79.0 Å². The second kappa shape index (κ2) is 18.7. The van der Waals surface area contributed by atoms with E-state index in [-0.39, 0.29) is 0 Å². The standard InChI is InChI=1S/2C3H9P.2HI.Pd/c2*1-4(2)3;;;/h2*1-3H3;2*1H;/q;;;;+2/p-2. The van der Waals surface area contributed by atoms with Gasteiger partial charge in [0.05, 0.1) is 0 Å². The van der Waals surface area contributed by atoms with Crippen LogP contribution in [-0.4, -0.2) is 40.0 Å². The molecule has 0 N–H and O–H groups in total. The van der Waals surface area contributed by atoms with Gasteiger partial charge in [-0.1, -0.05) is 0 Å². The molecule has 0 aliphatic carbocycles. The first-order valence-electron chi connectivity index (χ1n) is 2.92. The van der Waals surface area contributed by atoms with Gasteiger partial charge in [0.2, 0.25) is 0 Å². The molecule has 0 bridgehead atoms. The maximum atomic E-state index is 2.33. The van der Waals surface area contributed by atoms with Gasteiger partial charge >= 0.3 is 49.8 Å². The number of rotatable bonds is 0. The van der Waals surface area contributed by atoms with Gasteiger partial charge in [0, 0.05) is 0 Å². The number of halogens is 2. The summed E-state index contributed by atoms with van der Waals surface area (Å²) in [5.41, 5.74) is 0. The summed E-state index contributed by atoms with van der Waals surface area (Å²) in [6.45, 7) is 13.4. The zero-order valence-electron chi connectivity index (χ0n) is 7.97. The molecule has 0 heterocycles. The molecule has 0 nitrogen and oxygen atoms in total. The molecule has 0 aromatic rings. The zero-order chi connectivity index (χ0) is 9.86. The Kier molecular flexibility index (Phi) is 33.2. The molecule has 0 saturated heterocycles. The van der Waals surface area contributed by atoms with Crippen molar-refractivity contribution in [2.75, 3.05) is 40.0 Å². The van der Waals surface area contributed by atoms with Crippen molar-refractivity contribution in [3.8, 4) is 0 Å². The van der Waals surface area contributed by atoms with E-state index in [9.17, 15) is 0 Å². The molecule has 0 atom stereocenters. The van der Waals surface area contributed by atoms with Gasteiger partial charge in [-0.2, -0.15) is 0 Å². The van der Waals surface area contributed by atoms with Crippen LogP contribution in [0.2, 0.25) is 0 Å². The third-order valence-corrected chi connectivity index (χ3v) is 0. The summed E-state index contributed by atoms with van der Waals surface area (Å²) in [6, 6.07) is 0. The van der Waals surface area contributed by atoms with E-state index in [4.69, 9.17) is 0 Å². The molecule has 76 valence electrons. The molecule has 0 unspecified atom stereocenters. The van der Waals surface area contributed by atoms with Crippen molar-refractivity contribution in [3.05, 3.63) is 0 Å². The Morgan fingerprint density at radius 2 is 0.727 bits per heavy atom. The fourth-order valence-corrected chi connectivity index (χ4v) is 0. The van der Waals surface area contributed by atoms with Crippen LogP contribution >= 0.6 is 54.9 Å². The molecule has 11 heavy (non-hydrogen) atoms. The van der Waals surface area contributed by atoms with Gasteiger partial charge in [0.25, 0.3) is 0 Å². The first-order valence-corrected chi connectivity index (χ1v) is 17.5. The molecular weight excluding hydrogens is 494 g/mol. The molecule has 5 heteroatoms. The van der Waals surface area contributed by atoms with E-state index >= 15 is 0 Å². The maximum absolute atomic E-state index is 2.33. The van der Waals surface area contributed by atoms with E-state index < -0.39 is 0 Å². The van der Waals surface area contributed by atoms with Crippen molar-refractivity contribution in [2.45, 2.75) is 0 Å². The predicted octanol–water partition coefficient (Wildman–Crippen LogP) is 4.48. The van der Waals surface area contributed by atoms with Crippen LogP contribution in [0.3, 0.4) is 0 Å². The van der Waals surface area contributed by atoms with Crippen LogP contribution in [0, 0.1) is 0 Å². The van der Waals surface area contributed by atoms with Gasteiger partial charge in [-0.05, 0) is 40.0 Å². The Labute approximate surface area is 104 Å². The summed E-state index contributed by atoms with van der Waals surface area (Å²) in [5, 5.41) is 0. The van der Waals surface area contributed by atoms with Gasteiger partial charge in [0.1, 0.15) is 0 Å². The minimum atomic E-state index is 0.380. The van der Waals surface area contributed by atoms with Crippen molar-refractivity contribution >= 4 is 54.9 Å². The summed E-state index contributed by atoms with van der Waals surface area (Å²) >= 11 is 4.65. The molecular formula is C6H18I2P2Pd. The van der Waals surface area contributed by atoms with Crippen molar-refractivity contribution in [3.63, 3.8) is 0 Å². The molecule has 0 aliphatic heterocycles. The average molecular weight is 512 g/mol. The third-order valence-electron chi connectivity index (χ3n) is 0. The van der Waals surface area contributed by atoms with Gasteiger partial charge in [-0.15, -0.1) is 15.8 Å². The normalized spacial score (nSPS) is 8.55. The first kappa shape index (κ1) is 19.5. The predicted molar refractivity (Wildman–Crippen MR) is 77.4 cm³/mol. The van der Waals surface area contributed by atoms with E-state index in [1.165, 1.54) is 0 Å². The Morgan fingerprint density at radius 1 is 0.727 bits per heavy atom. The Morgan fingerprint density at radius 3 is 0.727 bits per heavy atom. The van der Waals surface area contributed by atoms with Crippen molar-refractivity contribution in [2.24, 2.45) is 0 Å². The van der Waals surface area contributed by atoms with E-state index in [1.54, 1.807) is 0 Å². The van der Waals surface area contributed by atoms with Gasteiger partial charge in [0.15, 0.2) is 0 Å². The molecule has 0 rings (SSSR count). The molecule has 0 aromatic carbocycles. The molecule has 0 aliphatic rings. The zero-order valence-corrected chi connectivity index (χ0v) is 15.6. The van der Waals surface area contributed by atoms with Crippen LogP contribution < -0.4 is 0 Å². The average Bonchev–Trinajstić information content (AvgIpc) is 1.60. The van der Waals surface area contributed by atoms with Crippen molar-refractivity contribution in [1.29, 1.82) is 0 Å². The summed E-state index contributed by atoms with van der Waals surface area (Å²) in [7, 11) is 1.65. The summed E-state index contributed by atoms with van der Waals surface area (Å²) in [5.74, 6) is 0. The van der Waals surface area contributed by atoms with Crippen LogP contribution in [0.5, 0.6) is 0 Å². The van der Waals surface area contributed by atoms with Crippen LogP contribution in [0.4, 0.5) is 0 Å². The van der Waals surface area contributed by atoms with Gasteiger partial charge < -0.3 is 0 Å². The van der Waals surface area contributed by atoms with E-state index in [0.717, 1.165) is 10.8 Å². The fraction of sp³-hybridized carbons (Fsp3) is 1.00. The van der Waals surface area contributed by atoms with Crippen LogP contribution in [0.1, 0.15) is 0 Å². The van der Waals surface area contributed by atoms with Crippen molar-refractivity contribution in [1.82, 2.24) is 0 Å². The minimum absolute atomic E-state index is 0.380. The van der Waals surface area contributed by atoms with E-state index in [1.807, 2.05) is 0 Å². The summed E-state index contributed by atoms with van der Waals surface area (Å²) in [6.07, 6.45) is 0. The van der Waals surface area contributed by atoms with Gasteiger partial charge in [-0.3, -0.25) is 0 Å². The summed E-state index contributed by atoms with van der Waals surface area (Å²) in [4.78, 5) is 0. The molecule has 0 spiro atoms. The fourth-order valence-electron chi connectivity index (χ4n) is 0. The number of hydrogen-bond donors (Lipinski definition) is 0. The van der Waals surface area contributed by atoms with Crippen LogP contribution in [-0.2, 0) is 10.8 Å². The Balaban J connectivity index is -0.0000000886. The third kappa shape index (κ3) is 176. The summed E-state index contributed by atoms with van der Waals surface area (Å²) < 4.78 is 0. The monoisotopic (exact) mass is 512 g/mol. The number of hydrogen-bond acceptors (Lipinski definition) is 0. The van der Waals surface area contributed by atoms with Gasteiger partial charge in [-0.25, -0.2) is 0 Å². The quantitative estimate of drug-likeness (QED) is 0.255. The Hall–Kier alpha value is 2.98. The molecule has 0 radical (unpaired) electrons. The molecule has 0 fully saturated rings. The van der Waals surface area contributed by atoms with Crippen LogP contribution in [0.15, 0.2) is 0 Å². The second-order valence-electron chi connectivity index (χ2n) is 2.73. The van der Waals surface area contributed by atoms with Crippen LogP contribution in [0.25, 0.3) is 0 Å². The SMILES string of the molecule is CP(C)C.CP(C)C.[I][Pd][I]. The molecule has 0 aromatic heterocycles. The molecule has 0 amide bonds.